The van der Waals surface area contributed by atoms with Gasteiger partial charge in [0, 0.05) is 19.1 Å². The Bertz CT molecular complexity index is 1130. The molecule has 14 heteroatoms. The molecule has 2 heterocycles. The van der Waals surface area contributed by atoms with E-state index in [4.69, 9.17) is 11.5 Å². The second kappa shape index (κ2) is 11.2. The van der Waals surface area contributed by atoms with Gasteiger partial charge in [0.15, 0.2) is 5.13 Å². The van der Waals surface area contributed by atoms with Crippen molar-refractivity contribution in [2.75, 3.05) is 43.0 Å². The molecule has 1 aliphatic rings. The third-order valence-corrected chi connectivity index (χ3v) is 8.24. The molecule has 1 saturated heterocycles. The Labute approximate surface area is 199 Å². The van der Waals surface area contributed by atoms with E-state index < -0.39 is 38.9 Å². The number of piperidine rings is 1. The summed E-state index contributed by atoms with van der Waals surface area (Å²) in [6.45, 7) is 0.980. The quantitative estimate of drug-likeness (QED) is 0.253. The van der Waals surface area contributed by atoms with Gasteiger partial charge in [-0.25, -0.2) is 26.5 Å². The first-order valence-electron chi connectivity index (χ1n) is 10.6. The zero-order chi connectivity index (χ0) is 24.9. The molecule has 186 valence electrons. The fraction of sp³-hybridized carbons (Fsp3) is 0.450. The smallest absolute Gasteiger partial charge is 0.231 e. The molecule has 34 heavy (non-hydrogen) atoms. The SMILES string of the molecule is NC(=O)CNCCCS(=O)(=O)N1CCC(Nc2nc(N)c(C(=O)c3c(F)cccc3F)s2)CC1. The van der Waals surface area contributed by atoms with Crippen LogP contribution in [0.3, 0.4) is 0 Å². The van der Waals surface area contributed by atoms with E-state index in [2.05, 4.69) is 15.6 Å². The molecule has 1 aromatic carbocycles. The average Bonchev–Trinajstić information content (AvgIpc) is 3.13. The molecule has 0 unspecified atom stereocenters. The fourth-order valence-electron chi connectivity index (χ4n) is 3.56. The molecule has 0 saturated carbocycles. The molecule has 1 aromatic heterocycles. The van der Waals surface area contributed by atoms with E-state index >= 15 is 0 Å². The summed E-state index contributed by atoms with van der Waals surface area (Å²) in [5.41, 5.74) is 10.2. The van der Waals surface area contributed by atoms with E-state index in [-0.39, 0.29) is 29.0 Å². The highest BCUT2D eigenvalue weighted by Crippen LogP contribution is 2.30. The van der Waals surface area contributed by atoms with Gasteiger partial charge < -0.3 is 22.1 Å². The highest BCUT2D eigenvalue weighted by molar-refractivity contribution is 7.89. The third-order valence-electron chi connectivity index (χ3n) is 5.28. The number of hydrogen-bond acceptors (Lipinski definition) is 9. The number of hydrogen-bond donors (Lipinski definition) is 4. The number of thiazole rings is 1. The molecule has 1 aliphatic heterocycles. The second-order valence-electron chi connectivity index (χ2n) is 7.79. The lowest BCUT2D eigenvalue weighted by atomic mass is 10.1. The minimum atomic E-state index is -3.43. The second-order valence-corrected chi connectivity index (χ2v) is 10.9. The summed E-state index contributed by atoms with van der Waals surface area (Å²) in [7, 11) is -3.43. The Hall–Kier alpha value is -2.68. The molecular formula is C20H26F2N6O4S2. The number of nitrogen functional groups attached to an aromatic ring is 1. The minimum Gasteiger partial charge on any atom is -0.382 e. The van der Waals surface area contributed by atoms with Crippen LogP contribution >= 0.6 is 11.3 Å². The Balaban J connectivity index is 1.54. The van der Waals surface area contributed by atoms with Crippen molar-refractivity contribution in [3.8, 4) is 0 Å². The average molecular weight is 517 g/mol. The van der Waals surface area contributed by atoms with Gasteiger partial charge in [0.25, 0.3) is 0 Å². The summed E-state index contributed by atoms with van der Waals surface area (Å²) in [5.74, 6) is -3.53. The van der Waals surface area contributed by atoms with Crippen LogP contribution in [-0.4, -0.2) is 67.4 Å². The van der Waals surface area contributed by atoms with Crippen LogP contribution in [0.5, 0.6) is 0 Å². The molecule has 0 spiro atoms. The van der Waals surface area contributed by atoms with Gasteiger partial charge in [0.1, 0.15) is 22.3 Å². The van der Waals surface area contributed by atoms with Gasteiger partial charge in [-0.15, -0.1) is 0 Å². The van der Waals surface area contributed by atoms with Crippen molar-refractivity contribution < 1.29 is 26.8 Å². The van der Waals surface area contributed by atoms with Gasteiger partial charge in [-0.2, -0.15) is 0 Å². The number of rotatable bonds is 11. The van der Waals surface area contributed by atoms with E-state index in [9.17, 15) is 26.8 Å². The van der Waals surface area contributed by atoms with Gasteiger partial charge in [-0.1, -0.05) is 17.4 Å². The summed E-state index contributed by atoms with van der Waals surface area (Å²) in [4.78, 5) is 27.3. The molecule has 2 aromatic rings. The summed E-state index contributed by atoms with van der Waals surface area (Å²) in [6, 6.07) is 3.04. The highest BCUT2D eigenvalue weighted by atomic mass is 32.2. The molecule has 0 atom stereocenters. The fourth-order valence-corrected chi connectivity index (χ4v) is 6.00. The lowest BCUT2D eigenvalue weighted by Gasteiger charge is -2.31. The predicted molar refractivity (Wildman–Crippen MR) is 125 cm³/mol. The van der Waals surface area contributed by atoms with E-state index in [0.717, 1.165) is 29.5 Å². The molecule has 0 bridgehead atoms. The molecule has 1 amide bonds. The van der Waals surface area contributed by atoms with E-state index in [1.807, 2.05) is 0 Å². The molecule has 0 radical (unpaired) electrons. The Morgan fingerprint density at radius 3 is 2.47 bits per heavy atom. The number of nitrogens with one attached hydrogen (secondary N) is 2. The van der Waals surface area contributed by atoms with Crippen LogP contribution < -0.4 is 22.1 Å². The van der Waals surface area contributed by atoms with Crippen molar-refractivity contribution in [3.63, 3.8) is 0 Å². The van der Waals surface area contributed by atoms with Crippen LogP contribution in [0, 0.1) is 11.6 Å². The number of ketones is 1. The topological polar surface area (TPSA) is 161 Å². The van der Waals surface area contributed by atoms with Crippen molar-refractivity contribution in [2.24, 2.45) is 5.73 Å². The number of aromatic nitrogens is 1. The number of nitrogens with two attached hydrogens (primary N) is 2. The normalized spacial score (nSPS) is 15.4. The van der Waals surface area contributed by atoms with Gasteiger partial charge in [-0.3, -0.25) is 9.59 Å². The highest BCUT2D eigenvalue weighted by Gasteiger charge is 2.29. The summed E-state index contributed by atoms with van der Waals surface area (Å²) in [6.07, 6.45) is 1.36. The Morgan fingerprint density at radius 2 is 1.85 bits per heavy atom. The molecular weight excluding hydrogens is 490 g/mol. The summed E-state index contributed by atoms with van der Waals surface area (Å²) in [5, 5.41) is 6.23. The maximum absolute atomic E-state index is 14.0. The maximum atomic E-state index is 14.0. The number of sulfonamides is 1. The van der Waals surface area contributed by atoms with Crippen LogP contribution in [0.15, 0.2) is 18.2 Å². The molecule has 3 rings (SSSR count). The van der Waals surface area contributed by atoms with Crippen molar-refractivity contribution >= 4 is 44.0 Å². The number of carbonyl (C=O) groups excluding carboxylic acids is 2. The zero-order valence-corrected chi connectivity index (χ0v) is 19.9. The van der Waals surface area contributed by atoms with Gasteiger partial charge in [-0.05, 0) is 37.9 Å². The van der Waals surface area contributed by atoms with E-state index in [0.29, 0.717) is 44.0 Å². The number of primary amides is 1. The first-order valence-corrected chi connectivity index (χ1v) is 13.0. The number of nitrogens with zero attached hydrogens (tertiary/aromatic N) is 2. The Morgan fingerprint density at radius 1 is 1.21 bits per heavy atom. The maximum Gasteiger partial charge on any atom is 0.231 e. The van der Waals surface area contributed by atoms with E-state index in [1.54, 1.807) is 0 Å². The molecule has 10 nitrogen and oxygen atoms in total. The standard InChI is InChI=1S/C20H26F2N6O4S2/c21-13-3-1-4-14(22)16(13)17(30)18-19(24)27-20(33-18)26-12-5-8-28(9-6-12)34(31,32)10-2-7-25-11-15(23)29/h1,3-4,12,25H,2,5-11,24H2,(H2,23,29)(H,26,27). The monoisotopic (exact) mass is 516 g/mol. The largest absolute Gasteiger partial charge is 0.382 e. The number of halogens is 2. The third kappa shape index (κ3) is 6.46. The van der Waals surface area contributed by atoms with Gasteiger partial charge in [0.05, 0.1) is 17.9 Å². The molecule has 1 fully saturated rings. The number of amides is 1. The van der Waals surface area contributed by atoms with Crippen LogP contribution in [0.25, 0.3) is 0 Å². The van der Waals surface area contributed by atoms with Crippen LogP contribution in [0.4, 0.5) is 19.7 Å². The minimum absolute atomic E-state index is 0.000915. The predicted octanol–water partition coefficient (Wildman–Crippen LogP) is 0.906. The first kappa shape index (κ1) is 25.9. The van der Waals surface area contributed by atoms with Crippen molar-refractivity contribution in [1.82, 2.24) is 14.6 Å². The number of benzene rings is 1. The first-order chi connectivity index (χ1) is 16.1. The van der Waals surface area contributed by atoms with Crippen LogP contribution in [0.1, 0.15) is 34.5 Å². The zero-order valence-electron chi connectivity index (χ0n) is 18.2. The molecule has 6 N–H and O–H groups in total. The van der Waals surface area contributed by atoms with Gasteiger partial charge in [0.2, 0.25) is 21.7 Å². The van der Waals surface area contributed by atoms with Crippen LogP contribution in [-0.2, 0) is 14.8 Å². The number of anilines is 2. The molecule has 0 aliphatic carbocycles. The van der Waals surface area contributed by atoms with Crippen molar-refractivity contribution in [3.05, 3.63) is 40.3 Å². The van der Waals surface area contributed by atoms with Crippen molar-refractivity contribution in [2.45, 2.75) is 25.3 Å². The van der Waals surface area contributed by atoms with Crippen LogP contribution in [0.2, 0.25) is 0 Å². The van der Waals surface area contributed by atoms with E-state index in [1.165, 1.54) is 4.31 Å². The lowest BCUT2D eigenvalue weighted by molar-refractivity contribution is -0.117. The van der Waals surface area contributed by atoms with Gasteiger partial charge >= 0.3 is 0 Å². The van der Waals surface area contributed by atoms with Crippen molar-refractivity contribution in [1.29, 1.82) is 0 Å². The number of carbonyl (C=O) groups is 2. The summed E-state index contributed by atoms with van der Waals surface area (Å²) >= 11 is 0.896. The Kier molecular flexibility index (Phi) is 8.52. The lowest BCUT2D eigenvalue weighted by Crippen LogP contribution is -2.43. The summed E-state index contributed by atoms with van der Waals surface area (Å²) < 4.78 is 54.4.